The van der Waals surface area contributed by atoms with Crippen LogP contribution in [0.1, 0.15) is 22.3 Å². The summed E-state index contributed by atoms with van der Waals surface area (Å²) in [6.07, 6.45) is 0. The lowest BCUT2D eigenvalue weighted by molar-refractivity contribution is -0.120. The van der Waals surface area contributed by atoms with E-state index >= 15 is 0 Å². The molecule has 3 aromatic rings. The fraction of sp³-hybridized carbons (Fsp3) is 0.136. The summed E-state index contributed by atoms with van der Waals surface area (Å²) in [6, 6.07) is 26.5. The number of benzene rings is 3. The molecule has 1 aliphatic heterocycles. The monoisotopic (exact) mass is 313 g/mol. The van der Waals surface area contributed by atoms with Gasteiger partial charge in [0, 0.05) is 18.3 Å². The quantitative estimate of drug-likeness (QED) is 0.690. The fourth-order valence-corrected chi connectivity index (χ4v) is 3.78. The number of carbonyl (C=O) groups is 1. The van der Waals surface area contributed by atoms with Gasteiger partial charge in [0.2, 0.25) is 5.91 Å². The summed E-state index contributed by atoms with van der Waals surface area (Å²) in [7, 11) is 1.86. The van der Waals surface area contributed by atoms with Gasteiger partial charge in [0.25, 0.3) is 0 Å². The molecule has 0 saturated carbocycles. The zero-order chi connectivity index (χ0) is 16.7. The molecule has 0 bridgehead atoms. The van der Waals surface area contributed by atoms with Crippen molar-refractivity contribution in [2.24, 2.45) is 0 Å². The molecule has 2 heteroatoms. The Labute approximate surface area is 142 Å². The van der Waals surface area contributed by atoms with Gasteiger partial charge in [-0.05, 0) is 24.1 Å². The topological polar surface area (TPSA) is 20.3 Å². The third-order valence-electron chi connectivity index (χ3n) is 4.99. The van der Waals surface area contributed by atoms with Crippen molar-refractivity contribution in [2.45, 2.75) is 12.3 Å². The normalized spacial score (nSPS) is 19.4. The highest BCUT2D eigenvalue weighted by Crippen LogP contribution is 2.49. The summed E-state index contributed by atoms with van der Waals surface area (Å²) in [5, 5.41) is 0. The van der Waals surface area contributed by atoms with Crippen molar-refractivity contribution in [3.8, 4) is 0 Å². The van der Waals surface area contributed by atoms with Gasteiger partial charge in [-0.3, -0.25) is 4.79 Å². The maximum absolute atomic E-state index is 13.5. The lowest BCUT2D eigenvalue weighted by Gasteiger charge is -2.30. The van der Waals surface area contributed by atoms with Crippen LogP contribution in [0.25, 0.3) is 0 Å². The van der Waals surface area contributed by atoms with Gasteiger partial charge in [0.1, 0.15) is 5.41 Å². The number of rotatable bonds is 2. The molecule has 0 saturated heterocycles. The second-order valence-corrected chi connectivity index (χ2v) is 6.36. The van der Waals surface area contributed by atoms with Crippen LogP contribution in [0.3, 0.4) is 0 Å². The lowest BCUT2D eigenvalue weighted by atomic mass is 9.70. The highest BCUT2D eigenvalue weighted by atomic mass is 16.2. The number of amides is 1. The molecule has 1 aliphatic rings. The molecule has 0 aliphatic carbocycles. The molecular weight excluding hydrogens is 294 g/mol. The van der Waals surface area contributed by atoms with E-state index in [4.69, 9.17) is 0 Å². The number of aryl methyl sites for hydroxylation is 1. The highest BCUT2D eigenvalue weighted by molar-refractivity contribution is 6.12. The number of para-hydroxylation sites is 1. The van der Waals surface area contributed by atoms with Crippen molar-refractivity contribution < 1.29 is 4.79 Å². The van der Waals surface area contributed by atoms with Gasteiger partial charge in [0.05, 0.1) is 0 Å². The fourth-order valence-electron chi connectivity index (χ4n) is 3.78. The van der Waals surface area contributed by atoms with Crippen LogP contribution in [0.5, 0.6) is 0 Å². The van der Waals surface area contributed by atoms with Gasteiger partial charge < -0.3 is 4.90 Å². The molecule has 1 heterocycles. The number of hydrogen-bond donors (Lipinski definition) is 0. The van der Waals surface area contributed by atoms with Gasteiger partial charge in [-0.1, -0.05) is 78.4 Å². The molecule has 1 unspecified atom stereocenters. The zero-order valence-corrected chi connectivity index (χ0v) is 13.9. The summed E-state index contributed by atoms with van der Waals surface area (Å²) >= 11 is 0. The average molecular weight is 313 g/mol. The highest BCUT2D eigenvalue weighted by Gasteiger charge is 2.52. The van der Waals surface area contributed by atoms with Crippen molar-refractivity contribution in [1.29, 1.82) is 0 Å². The van der Waals surface area contributed by atoms with E-state index in [1.807, 2.05) is 55.6 Å². The summed E-state index contributed by atoms with van der Waals surface area (Å²) in [5.74, 6) is 0.0961. The molecule has 2 nitrogen and oxygen atoms in total. The predicted octanol–water partition coefficient (Wildman–Crippen LogP) is 4.31. The minimum Gasteiger partial charge on any atom is -0.314 e. The standard InChI is InChI=1S/C22H19NO/c1-16-12-14-18(15-13-16)22(17-8-4-3-5-9-17)19-10-6-7-11-20(19)23(2)21(22)24/h3-15H,1-2H3. The molecule has 118 valence electrons. The second kappa shape index (κ2) is 5.34. The third kappa shape index (κ3) is 1.86. The summed E-state index contributed by atoms with van der Waals surface area (Å²) in [4.78, 5) is 15.3. The van der Waals surface area contributed by atoms with E-state index in [1.54, 1.807) is 4.90 Å². The molecular formula is C22H19NO. The lowest BCUT2D eigenvalue weighted by Crippen LogP contribution is -2.40. The van der Waals surface area contributed by atoms with E-state index in [1.165, 1.54) is 5.56 Å². The van der Waals surface area contributed by atoms with Crippen LogP contribution in [0.2, 0.25) is 0 Å². The zero-order valence-electron chi connectivity index (χ0n) is 13.9. The minimum absolute atomic E-state index is 0.0961. The Hall–Kier alpha value is -2.87. The van der Waals surface area contributed by atoms with Crippen LogP contribution < -0.4 is 4.90 Å². The maximum atomic E-state index is 13.5. The van der Waals surface area contributed by atoms with Crippen molar-refractivity contribution in [3.63, 3.8) is 0 Å². The molecule has 24 heavy (non-hydrogen) atoms. The number of carbonyl (C=O) groups excluding carboxylic acids is 1. The number of nitrogens with zero attached hydrogens (tertiary/aromatic N) is 1. The van der Waals surface area contributed by atoms with E-state index in [9.17, 15) is 4.79 Å². The Morgan fingerprint density at radius 1 is 0.750 bits per heavy atom. The van der Waals surface area contributed by atoms with E-state index in [0.29, 0.717) is 0 Å². The van der Waals surface area contributed by atoms with Gasteiger partial charge >= 0.3 is 0 Å². The molecule has 4 rings (SSSR count). The summed E-state index contributed by atoms with van der Waals surface area (Å²) < 4.78 is 0. The number of anilines is 1. The van der Waals surface area contributed by atoms with Crippen LogP contribution in [-0.2, 0) is 10.2 Å². The molecule has 1 atom stereocenters. The first-order valence-electron chi connectivity index (χ1n) is 8.16. The molecule has 0 N–H and O–H groups in total. The van der Waals surface area contributed by atoms with Crippen molar-refractivity contribution >= 4 is 11.6 Å². The van der Waals surface area contributed by atoms with Crippen LogP contribution in [0.4, 0.5) is 5.69 Å². The predicted molar refractivity (Wildman–Crippen MR) is 97.4 cm³/mol. The average Bonchev–Trinajstić information content (AvgIpc) is 2.86. The van der Waals surface area contributed by atoms with Crippen molar-refractivity contribution in [3.05, 3.63) is 101 Å². The Bertz CT molecular complexity index is 899. The summed E-state index contributed by atoms with van der Waals surface area (Å²) in [5.41, 5.74) is 4.46. The molecule has 0 radical (unpaired) electrons. The van der Waals surface area contributed by atoms with Crippen LogP contribution in [0, 0.1) is 6.92 Å². The smallest absolute Gasteiger partial charge is 0.246 e. The SMILES string of the molecule is Cc1ccc(C2(c3ccccc3)C(=O)N(C)c3ccccc32)cc1. The van der Waals surface area contributed by atoms with E-state index in [2.05, 4.69) is 37.3 Å². The third-order valence-corrected chi connectivity index (χ3v) is 4.99. The molecule has 0 spiro atoms. The van der Waals surface area contributed by atoms with Crippen LogP contribution >= 0.6 is 0 Å². The van der Waals surface area contributed by atoms with Gasteiger partial charge in [0.15, 0.2) is 0 Å². The van der Waals surface area contributed by atoms with E-state index < -0.39 is 5.41 Å². The number of hydrogen-bond acceptors (Lipinski definition) is 1. The van der Waals surface area contributed by atoms with Crippen molar-refractivity contribution in [2.75, 3.05) is 11.9 Å². The van der Waals surface area contributed by atoms with E-state index in [0.717, 1.165) is 22.4 Å². The van der Waals surface area contributed by atoms with Gasteiger partial charge in [-0.15, -0.1) is 0 Å². The molecule has 1 amide bonds. The minimum atomic E-state index is -0.777. The number of likely N-dealkylation sites (N-methyl/N-ethyl adjacent to an activating group) is 1. The molecule has 0 aromatic heterocycles. The van der Waals surface area contributed by atoms with E-state index in [-0.39, 0.29) is 5.91 Å². The van der Waals surface area contributed by atoms with Crippen LogP contribution in [-0.4, -0.2) is 13.0 Å². The first-order valence-corrected chi connectivity index (χ1v) is 8.16. The van der Waals surface area contributed by atoms with Crippen molar-refractivity contribution in [1.82, 2.24) is 0 Å². The van der Waals surface area contributed by atoms with Gasteiger partial charge in [-0.2, -0.15) is 0 Å². The molecule has 3 aromatic carbocycles. The Kier molecular flexibility index (Phi) is 3.27. The Morgan fingerprint density at radius 2 is 1.33 bits per heavy atom. The van der Waals surface area contributed by atoms with Crippen LogP contribution in [0.15, 0.2) is 78.9 Å². The Morgan fingerprint density at radius 3 is 2.04 bits per heavy atom. The molecule has 0 fully saturated rings. The first-order chi connectivity index (χ1) is 11.7. The second-order valence-electron chi connectivity index (χ2n) is 6.36. The van der Waals surface area contributed by atoms with Gasteiger partial charge in [-0.25, -0.2) is 0 Å². The summed E-state index contributed by atoms with van der Waals surface area (Å²) in [6.45, 7) is 2.06. The largest absolute Gasteiger partial charge is 0.314 e. The number of fused-ring (bicyclic) bond motifs is 1. The Balaban J connectivity index is 2.10. The maximum Gasteiger partial charge on any atom is 0.246 e. The first kappa shape index (κ1) is 14.7.